The van der Waals surface area contributed by atoms with Crippen LogP contribution in [-0.2, 0) is 10.0 Å². The second-order valence-electron chi connectivity index (χ2n) is 4.33. The standard InChI is InChI=1S/C14H15N3O2S/c1-4-9-17-12(3)10-15-14(17)16-20(18,19)13-7-5-11(2)6-8-13/h4-10H,1H2,2-3H3/b17-9+. The molecule has 1 aromatic rings. The zero-order chi connectivity index (χ0) is 14.8. The van der Waals surface area contributed by atoms with E-state index in [1.807, 2.05) is 13.8 Å². The minimum Gasteiger partial charge on any atom is -0.288 e. The van der Waals surface area contributed by atoms with Crippen molar-refractivity contribution in [3.05, 3.63) is 59.1 Å². The molecule has 0 fully saturated rings. The van der Waals surface area contributed by atoms with E-state index >= 15 is 0 Å². The zero-order valence-corrected chi connectivity index (χ0v) is 12.1. The molecule has 0 aliphatic carbocycles. The predicted octanol–water partition coefficient (Wildman–Crippen LogP) is 2.56. The lowest BCUT2D eigenvalue weighted by molar-refractivity contribution is -0.335. The minimum absolute atomic E-state index is 0.114. The Morgan fingerprint density at radius 1 is 1.25 bits per heavy atom. The normalized spacial score (nSPS) is 16.8. The largest absolute Gasteiger partial charge is 0.288 e. The minimum atomic E-state index is -3.77. The first kappa shape index (κ1) is 14.2. The van der Waals surface area contributed by atoms with Crippen LogP contribution in [0.5, 0.6) is 0 Å². The summed E-state index contributed by atoms with van der Waals surface area (Å²) in [5, 5.41) is 0. The molecule has 20 heavy (non-hydrogen) atoms. The molecule has 0 atom stereocenters. The van der Waals surface area contributed by atoms with E-state index in [4.69, 9.17) is 0 Å². The fourth-order valence-electron chi connectivity index (χ4n) is 1.66. The van der Waals surface area contributed by atoms with Gasteiger partial charge in [0.1, 0.15) is 0 Å². The van der Waals surface area contributed by atoms with Gasteiger partial charge in [-0.05, 0) is 26.0 Å². The second kappa shape index (κ2) is 5.42. The first-order valence-electron chi connectivity index (χ1n) is 5.98. The van der Waals surface area contributed by atoms with Gasteiger partial charge in [-0.25, -0.2) is 4.99 Å². The number of nitrogens with zero attached hydrogens (tertiary/aromatic N) is 3. The lowest BCUT2D eigenvalue weighted by atomic mass is 10.2. The Morgan fingerprint density at radius 3 is 2.50 bits per heavy atom. The molecule has 0 aromatic heterocycles. The third kappa shape index (κ3) is 2.85. The van der Waals surface area contributed by atoms with Gasteiger partial charge in [-0.1, -0.05) is 30.4 Å². The SMILES string of the molecule is C=C/C=[N+]1\C(C)=CN=C1[N-]S(=O)(=O)c1ccc(C)cc1. The number of rotatable bonds is 3. The molecule has 0 saturated heterocycles. The fourth-order valence-corrected chi connectivity index (χ4v) is 2.60. The number of sulfonamides is 1. The van der Waals surface area contributed by atoms with Gasteiger partial charge in [0.2, 0.25) is 5.96 Å². The summed E-state index contributed by atoms with van der Waals surface area (Å²) in [6.45, 7) is 7.29. The van der Waals surface area contributed by atoms with Crippen LogP contribution in [-0.4, -0.2) is 25.2 Å². The van der Waals surface area contributed by atoms with Crippen molar-refractivity contribution in [2.45, 2.75) is 18.7 Å². The first-order valence-corrected chi connectivity index (χ1v) is 7.42. The Bertz CT molecular complexity index is 726. The number of hydrogen-bond donors (Lipinski definition) is 0. The van der Waals surface area contributed by atoms with Gasteiger partial charge in [-0.15, -0.1) is 4.72 Å². The van der Waals surface area contributed by atoms with E-state index in [0.717, 1.165) is 11.3 Å². The van der Waals surface area contributed by atoms with Gasteiger partial charge >= 0.3 is 0 Å². The average molecular weight is 289 g/mol. The third-order valence-corrected chi connectivity index (χ3v) is 4.01. The number of hydrogen-bond acceptors (Lipinski definition) is 3. The molecule has 1 heterocycles. The van der Waals surface area contributed by atoms with E-state index in [-0.39, 0.29) is 10.9 Å². The smallest absolute Gasteiger partial charge is 0.285 e. The van der Waals surface area contributed by atoms with Crippen molar-refractivity contribution in [3.8, 4) is 0 Å². The zero-order valence-electron chi connectivity index (χ0n) is 11.3. The van der Waals surface area contributed by atoms with Crippen LogP contribution in [0.15, 0.2) is 58.7 Å². The maximum atomic E-state index is 12.2. The van der Waals surface area contributed by atoms with Crippen molar-refractivity contribution in [1.29, 1.82) is 0 Å². The Kier molecular flexibility index (Phi) is 3.85. The van der Waals surface area contributed by atoms with Crippen LogP contribution in [0.3, 0.4) is 0 Å². The van der Waals surface area contributed by atoms with E-state index in [2.05, 4.69) is 16.3 Å². The van der Waals surface area contributed by atoms with Crippen molar-refractivity contribution in [2.75, 3.05) is 0 Å². The monoisotopic (exact) mass is 289 g/mol. The van der Waals surface area contributed by atoms with Crippen molar-refractivity contribution < 1.29 is 13.0 Å². The molecule has 6 heteroatoms. The average Bonchev–Trinajstić information content (AvgIpc) is 2.72. The van der Waals surface area contributed by atoms with Gasteiger partial charge in [-0.2, -0.15) is 8.42 Å². The van der Waals surface area contributed by atoms with Crippen LogP contribution in [0.25, 0.3) is 4.72 Å². The molecule has 0 N–H and O–H groups in total. The van der Waals surface area contributed by atoms with Crippen molar-refractivity contribution in [3.63, 3.8) is 0 Å². The van der Waals surface area contributed by atoms with E-state index < -0.39 is 10.0 Å². The van der Waals surface area contributed by atoms with E-state index in [1.54, 1.807) is 35.2 Å². The molecule has 0 spiro atoms. The summed E-state index contributed by atoms with van der Waals surface area (Å²) in [7, 11) is -3.77. The molecule has 0 saturated carbocycles. The van der Waals surface area contributed by atoms with Gasteiger partial charge in [0.25, 0.3) is 10.0 Å². The summed E-state index contributed by atoms with van der Waals surface area (Å²) < 4.78 is 29.8. The maximum absolute atomic E-state index is 12.2. The molecule has 0 radical (unpaired) electrons. The highest BCUT2D eigenvalue weighted by molar-refractivity contribution is 7.94. The Balaban J connectivity index is 2.28. The number of benzene rings is 1. The summed E-state index contributed by atoms with van der Waals surface area (Å²) in [5.41, 5.74) is 1.77. The van der Waals surface area contributed by atoms with Crippen LogP contribution in [0.1, 0.15) is 12.5 Å². The number of aryl methyl sites for hydroxylation is 1. The fraction of sp³-hybridized carbons (Fsp3) is 0.143. The lowest BCUT2D eigenvalue weighted by Crippen LogP contribution is -2.18. The highest BCUT2D eigenvalue weighted by Gasteiger charge is 2.22. The number of guanidine groups is 1. The van der Waals surface area contributed by atoms with Crippen LogP contribution in [0, 0.1) is 6.92 Å². The number of aliphatic imine (C=N–C) groups is 1. The van der Waals surface area contributed by atoms with Crippen LogP contribution in [0.2, 0.25) is 0 Å². The molecule has 104 valence electrons. The molecule has 0 amide bonds. The molecule has 5 nitrogen and oxygen atoms in total. The highest BCUT2D eigenvalue weighted by Crippen LogP contribution is 2.21. The van der Waals surface area contributed by atoms with Gasteiger partial charge in [0, 0.05) is 11.9 Å². The molecular formula is C14H15N3O2S. The molecular weight excluding hydrogens is 274 g/mol. The summed E-state index contributed by atoms with van der Waals surface area (Å²) in [6.07, 6.45) is 4.72. The van der Waals surface area contributed by atoms with Crippen molar-refractivity contribution in [1.82, 2.24) is 0 Å². The van der Waals surface area contributed by atoms with Crippen LogP contribution in [0.4, 0.5) is 0 Å². The summed E-state index contributed by atoms with van der Waals surface area (Å²) >= 11 is 0. The van der Waals surface area contributed by atoms with Crippen molar-refractivity contribution in [2.24, 2.45) is 4.99 Å². The van der Waals surface area contributed by atoms with Crippen LogP contribution < -0.4 is 0 Å². The molecule has 1 aromatic carbocycles. The predicted molar refractivity (Wildman–Crippen MR) is 79.4 cm³/mol. The number of allylic oxidation sites excluding steroid dienone is 2. The summed E-state index contributed by atoms with van der Waals surface area (Å²) in [5.74, 6) is 0.114. The molecule has 0 bridgehead atoms. The molecule has 1 aliphatic rings. The van der Waals surface area contributed by atoms with E-state index in [1.165, 1.54) is 12.1 Å². The highest BCUT2D eigenvalue weighted by atomic mass is 32.2. The topological polar surface area (TPSA) is 63.6 Å². The summed E-state index contributed by atoms with van der Waals surface area (Å²) in [4.78, 5) is 4.15. The van der Waals surface area contributed by atoms with Crippen molar-refractivity contribution >= 4 is 22.2 Å². The quantitative estimate of drug-likeness (QED) is 0.803. The van der Waals surface area contributed by atoms with Gasteiger partial charge in [0.15, 0.2) is 0 Å². The van der Waals surface area contributed by atoms with Gasteiger partial charge in [-0.3, -0.25) is 4.58 Å². The molecule has 2 rings (SSSR count). The Morgan fingerprint density at radius 2 is 1.90 bits per heavy atom. The van der Waals surface area contributed by atoms with E-state index in [0.29, 0.717) is 0 Å². The molecule has 0 unspecified atom stereocenters. The maximum Gasteiger partial charge on any atom is 0.285 e. The lowest BCUT2D eigenvalue weighted by Gasteiger charge is -2.10. The van der Waals surface area contributed by atoms with Crippen LogP contribution >= 0.6 is 0 Å². The first-order chi connectivity index (χ1) is 9.44. The van der Waals surface area contributed by atoms with E-state index in [9.17, 15) is 8.42 Å². The molecule has 1 aliphatic heterocycles. The second-order valence-corrected chi connectivity index (χ2v) is 5.94. The van der Waals surface area contributed by atoms with Gasteiger partial charge in [0.05, 0.1) is 11.1 Å². The van der Waals surface area contributed by atoms with Gasteiger partial charge < -0.3 is 0 Å². The Labute approximate surface area is 118 Å². The summed E-state index contributed by atoms with van der Waals surface area (Å²) in [6, 6.07) is 6.53. The third-order valence-electron chi connectivity index (χ3n) is 2.74. The Hall–Kier alpha value is -2.21.